The van der Waals surface area contributed by atoms with E-state index in [-0.39, 0.29) is 5.92 Å². The number of rotatable bonds is 2. The van der Waals surface area contributed by atoms with Gasteiger partial charge in [-0.1, -0.05) is 0 Å². The van der Waals surface area contributed by atoms with Crippen molar-refractivity contribution in [2.24, 2.45) is 5.92 Å². The second kappa shape index (κ2) is 4.43. The smallest absolute Gasteiger partial charge is 0.143 e. The van der Waals surface area contributed by atoms with Crippen molar-refractivity contribution in [2.45, 2.75) is 12.8 Å². The van der Waals surface area contributed by atoms with Gasteiger partial charge >= 0.3 is 0 Å². The van der Waals surface area contributed by atoms with Crippen LogP contribution in [0.4, 0.5) is 0 Å². The molecular weight excluding hydrogens is 174 g/mol. The Hall–Kier alpha value is -0.370. The summed E-state index contributed by atoms with van der Waals surface area (Å²) in [5.41, 5.74) is 0. The molecule has 14 heavy (non-hydrogen) atoms. The Morgan fingerprint density at radius 2 is 1.86 bits per heavy atom. The number of hydrogen-bond donors (Lipinski definition) is 0. The topological polar surface area (TPSA) is 20.3 Å². The first-order chi connectivity index (χ1) is 6.77. The van der Waals surface area contributed by atoms with Crippen molar-refractivity contribution in [2.75, 3.05) is 20.1 Å². The molecule has 0 aromatic heterocycles. The van der Waals surface area contributed by atoms with Crippen molar-refractivity contribution < 1.29 is 4.79 Å². The number of carbonyl (C=O) groups is 1. The molecule has 0 aromatic carbocycles. The second-order valence-electron chi connectivity index (χ2n) is 4.12. The molecule has 75 valence electrons. The number of nitrogens with zero attached hydrogens (tertiary/aromatic N) is 1. The van der Waals surface area contributed by atoms with Crippen LogP contribution in [-0.2, 0) is 4.79 Å². The molecule has 1 saturated carbocycles. The highest BCUT2D eigenvalue weighted by molar-refractivity contribution is 5.99. The minimum absolute atomic E-state index is 0.258. The van der Waals surface area contributed by atoms with Crippen LogP contribution in [0.5, 0.6) is 0 Å². The maximum Gasteiger partial charge on any atom is 0.143 e. The summed E-state index contributed by atoms with van der Waals surface area (Å²) in [6.45, 7) is 2.11. The molecule has 2 fully saturated rings. The van der Waals surface area contributed by atoms with Gasteiger partial charge in [0.1, 0.15) is 5.78 Å². The Morgan fingerprint density at radius 1 is 1.29 bits per heavy atom. The summed E-state index contributed by atoms with van der Waals surface area (Å²) in [4.78, 5) is 14.2. The van der Waals surface area contributed by atoms with Crippen LogP contribution in [0.25, 0.3) is 0 Å². The normalized spacial score (nSPS) is 26.9. The zero-order valence-electron chi connectivity index (χ0n) is 8.57. The van der Waals surface area contributed by atoms with Gasteiger partial charge in [0.15, 0.2) is 0 Å². The van der Waals surface area contributed by atoms with Crippen molar-refractivity contribution >= 4 is 5.78 Å². The van der Waals surface area contributed by atoms with Gasteiger partial charge in [0.2, 0.25) is 0 Å². The van der Waals surface area contributed by atoms with E-state index in [4.69, 9.17) is 0 Å². The summed E-state index contributed by atoms with van der Waals surface area (Å²) in [5.74, 6) is 1.48. The molecule has 0 atom stereocenters. The first kappa shape index (κ1) is 10.2. The van der Waals surface area contributed by atoms with Crippen LogP contribution in [-0.4, -0.2) is 30.8 Å². The summed E-state index contributed by atoms with van der Waals surface area (Å²) < 4.78 is 0. The average Bonchev–Trinajstić information content (AvgIpc) is 2.71. The average molecular weight is 190 g/mol. The monoisotopic (exact) mass is 190 g/mol. The molecule has 1 heterocycles. The van der Waals surface area contributed by atoms with E-state index >= 15 is 0 Å². The SMILES string of the molecule is CN1CCC(C(=O)[C]2[CH][CH][CH][CH]2)CC1. The molecule has 0 N–H and O–H groups in total. The number of carbonyl (C=O) groups excluding carboxylic acids is 1. The van der Waals surface area contributed by atoms with Crippen LogP contribution in [0.15, 0.2) is 0 Å². The van der Waals surface area contributed by atoms with Crippen molar-refractivity contribution in [3.63, 3.8) is 0 Å². The number of piperidine rings is 1. The maximum atomic E-state index is 11.9. The summed E-state index contributed by atoms with van der Waals surface area (Å²) in [6.07, 6.45) is 9.73. The lowest BCUT2D eigenvalue weighted by Gasteiger charge is -2.29. The summed E-state index contributed by atoms with van der Waals surface area (Å²) in [6, 6.07) is 0. The minimum Gasteiger partial charge on any atom is -0.306 e. The molecule has 2 aliphatic rings. The Labute approximate surface area is 86.7 Å². The van der Waals surface area contributed by atoms with Crippen molar-refractivity contribution in [1.82, 2.24) is 4.90 Å². The van der Waals surface area contributed by atoms with Crippen LogP contribution < -0.4 is 0 Å². The van der Waals surface area contributed by atoms with Gasteiger partial charge in [0.05, 0.1) is 0 Å². The molecule has 2 heteroatoms. The van der Waals surface area contributed by atoms with Crippen LogP contribution in [0, 0.1) is 37.5 Å². The summed E-state index contributed by atoms with van der Waals surface area (Å²) >= 11 is 0. The van der Waals surface area contributed by atoms with E-state index in [0.717, 1.165) is 31.8 Å². The van der Waals surface area contributed by atoms with Crippen molar-refractivity contribution in [1.29, 1.82) is 0 Å². The number of ketones is 1. The zero-order chi connectivity index (χ0) is 9.97. The van der Waals surface area contributed by atoms with Gasteiger partial charge in [-0.05, 0) is 58.7 Å². The van der Waals surface area contributed by atoms with Gasteiger partial charge in [-0.25, -0.2) is 0 Å². The lowest BCUT2D eigenvalue weighted by molar-refractivity contribution is -0.121. The van der Waals surface area contributed by atoms with E-state index in [2.05, 4.69) is 11.9 Å². The van der Waals surface area contributed by atoms with E-state index in [0.29, 0.717) is 5.78 Å². The highest BCUT2D eigenvalue weighted by Gasteiger charge is 2.31. The largest absolute Gasteiger partial charge is 0.306 e. The van der Waals surface area contributed by atoms with Crippen LogP contribution >= 0.6 is 0 Å². The van der Waals surface area contributed by atoms with E-state index in [1.165, 1.54) is 0 Å². The Morgan fingerprint density at radius 3 is 2.43 bits per heavy atom. The lowest BCUT2D eigenvalue weighted by Crippen LogP contribution is -2.35. The summed E-state index contributed by atoms with van der Waals surface area (Å²) in [5, 5.41) is 0. The van der Waals surface area contributed by atoms with Crippen molar-refractivity contribution in [3.8, 4) is 0 Å². The van der Waals surface area contributed by atoms with Crippen LogP contribution in [0.2, 0.25) is 0 Å². The molecule has 1 aliphatic heterocycles. The van der Waals surface area contributed by atoms with Crippen LogP contribution in [0.3, 0.4) is 0 Å². The fourth-order valence-corrected chi connectivity index (χ4v) is 2.04. The van der Waals surface area contributed by atoms with Gasteiger partial charge in [0, 0.05) is 11.8 Å². The van der Waals surface area contributed by atoms with Gasteiger partial charge in [-0.2, -0.15) is 0 Å². The molecule has 1 aliphatic carbocycles. The first-order valence-corrected chi connectivity index (χ1v) is 5.22. The fourth-order valence-electron chi connectivity index (χ4n) is 2.04. The minimum atomic E-state index is 0.258. The standard InChI is InChI=1S/C12H16NO/c1-13-8-6-11(7-9-13)12(14)10-4-2-3-5-10/h2-5,11H,6-9H2,1H3. The molecule has 2 rings (SSSR count). The predicted molar refractivity (Wildman–Crippen MR) is 55.7 cm³/mol. The van der Waals surface area contributed by atoms with E-state index in [1.54, 1.807) is 0 Å². The third-order valence-electron chi connectivity index (χ3n) is 3.04. The predicted octanol–water partition coefficient (Wildman–Crippen LogP) is 1.30. The van der Waals surface area contributed by atoms with Crippen molar-refractivity contribution in [3.05, 3.63) is 31.6 Å². The fraction of sp³-hybridized carbons (Fsp3) is 0.500. The molecule has 0 amide bonds. The highest BCUT2D eigenvalue weighted by Crippen LogP contribution is 2.30. The molecule has 2 nitrogen and oxygen atoms in total. The number of Topliss-reactive ketones (excluding diaryl/α,β-unsaturated/α-hetero) is 1. The third kappa shape index (κ3) is 2.17. The molecule has 0 aromatic rings. The van der Waals surface area contributed by atoms with E-state index in [9.17, 15) is 4.79 Å². The lowest BCUT2D eigenvalue weighted by atomic mass is 9.85. The Kier molecular flexibility index (Phi) is 3.22. The Bertz CT molecular complexity index is 200. The van der Waals surface area contributed by atoms with Gasteiger partial charge in [0.25, 0.3) is 0 Å². The molecule has 5 radical (unpaired) electrons. The number of likely N-dealkylation sites (tertiary alicyclic amines) is 1. The first-order valence-electron chi connectivity index (χ1n) is 5.22. The van der Waals surface area contributed by atoms with Crippen LogP contribution in [0.1, 0.15) is 12.8 Å². The van der Waals surface area contributed by atoms with Gasteiger partial charge in [-0.15, -0.1) is 0 Å². The molecule has 0 unspecified atom stereocenters. The zero-order valence-corrected chi connectivity index (χ0v) is 8.57. The molecular formula is C12H16NO. The van der Waals surface area contributed by atoms with E-state index in [1.807, 2.05) is 25.7 Å². The van der Waals surface area contributed by atoms with E-state index < -0.39 is 0 Å². The second-order valence-corrected chi connectivity index (χ2v) is 4.12. The third-order valence-corrected chi connectivity index (χ3v) is 3.04. The van der Waals surface area contributed by atoms with Gasteiger partial charge in [-0.3, -0.25) is 4.79 Å². The maximum absolute atomic E-state index is 11.9. The molecule has 0 spiro atoms. The molecule has 0 bridgehead atoms. The highest BCUT2D eigenvalue weighted by atomic mass is 16.1. The Balaban J connectivity index is 1.85. The molecule has 1 saturated heterocycles. The summed E-state index contributed by atoms with van der Waals surface area (Å²) in [7, 11) is 2.11. The van der Waals surface area contributed by atoms with Gasteiger partial charge < -0.3 is 4.90 Å². The number of hydrogen-bond acceptors (Lipinski definition) is 2. The quantitative estimate of drug-likeness (QED) is 0.654.